The Kier molecular flexibility index (Phi) is 2.55. The van der Waals surface area contributed by atoms with Crippen LogP contribution in [0.25, 0.3) is 0 Å². The molecule has 1 saturated heterocycles. The molecule has 0 spiro atoms. The third-order valence-electron chi connectivity index (χ3n) is 1.95. The van der Waals surface area contributed by atoms with Gasteiger partial charge in [-0.15, -0.1) is 0 Å². The molecule has 1 rings (SSSR count). The summed E-state index contributed by atoms with van der Waals surface area (Å²) in [5.41, 5.74) is -0.00164. The van der Waals surface area contributed by atoms with Crippen molar-refractivity contribution in [3.05, 3.63) is 0 Å². The molecular weight excluding hydrogens is 140 g/mol. The molecule has 1 aliphatic heterocycles. The second kappa shape index (κ2) is 3.11. The van der Waals surface area contributed by atoms with Gasteiger partial charge in [0.1, 0.15) is 0 Å². The van der Waals surface area contributed by atoms with Gasteiger partial charge in [0.05, 0.1) is 11.7 Å². The van der Waals surface area contributed by atoms with Gasteiger partial charge in [-0.25, -0.2) is 0 Å². The molecule has 2 atom stereocenters. The van der Waals surface area contributed by atoms with Crippen molar-refractivity contribution >= 4 is 0 Å². The molecule has 0 amide bonds. The highest BCUT2D eigenvalue weighted by Crippen LogP contribution is 2.28. The molecule has 1 aliphatic rings. The van der Waals surface area contributed by atoms with E-state index in [4.69, 9.17) is 9.47 Å². The minimum absolute atomic E-state index is 0.00164. The van der Waals surface area contributed by atoms with Crippen molar-refractivity contribution < 1.29 is 9.47 Å². The van der Waals surface area contributed by atoms with Gasteiger partial charge >= 0.3 is 0 Å². The van der Waals surface area contributed by atoms with Crippen LogP contribution in [0.4, 0.5) is 0 Å². The molecule has 0 bridgehead atoms. The Morgan fingerprint density at radius 3 is 2.55 bits per heavy atom. The maximum atomic E-state index is 5.67. The van der Waals surface area contributed by atoms with E-state index in [1.807, 2.05) is 0 Å². The zero-order valence-corrected chi connectivity index (χ0v) is 7.89. The number of hydrogen-bond donors (Lipinski definition) is 0. The molecule has 2 heteroatoms. The average molecular weight is 158 g/mol. The van der Waals surface area contributed by atoms with Crippen LogP contribution >= 0.6 is 0 Å². The van der Waals surface area contributed by atoms with Crippen LogP contribution in [0.5, 0.6) is 0 Å². The van der Waals surface area contributed by atoms with Gasteiger partial charge in [0.2, 0.25) is 0 Å². The second-order valence-corrected chi connectivity index (χ2v) is 3.87. The van der Waals surface area contributed by atoms with Crippen molar-refractivity contribution in [1.82, 2.24) is 0 Å². The Balaban J connectivity index is 2.51. The topological polar surface area (TPSA) is 18.5 Å². The van der Waals surface area contributed by atoms with E-state index >= 15 is 0 Å². The largest absolute Gasteiger partial charge is 0.350 e. The van der Waals surface area contributed by atoms with Gasteiger partial charge in [0.15, 0.2) is 6.29 Å². The molecule has 1 heterocycles. The third-order valence-corrected chi connectivity index (χ3v) is 1.95. The molecule has 0 saturated carbocycles. The summed E-state index contributed by atoms with van der Waals surface area (Å²) >= 11 is 0. The normalized spacial score (nSPS) is 37.1. The first-order chi connectivity index (χ1) is 5.03. The van der Waals surface area contributed by atoms with Gasteiger partial charge in [-0.3, -0.25) is 0 Å². The molecule has 0 aromatic heterocycles. The molecule has 0 aliphatic carbocycles. The summed E-state index contributed by atoms with van der Waals surface area (Å²) in [6, 6.07) is 0. The SMILES string of the molecule is CC[C@H]1O[C@H](C)CC(C)(C)O1. The first-order valence-corrected chi connectivity index (χ1v) is 4.37. The number of rotatable bonds is 1. The van der Waals surface area contributed by atoms with Crippen molar-refractivity contribution in [3.63, 3.8) is 0 Å². The van der Waals surface area contributed by atoms with Crippen LogP contribution in [0.2, 0.25) is 0 Å². The van der Waals surface area contributed by atoms with Crippen LogP contribution < -0.4 is 0 Å². The van der Waals surface area contributed by atoms with E-state index in [-0.39, 0.29) is 11.9 Å². The lowest BCUT2D eigenvalue weighted by Gasteiger charge is -2.39. The quantitative estimate of drug-likeness (QED) is 0.583. The van der Waals surface area contributed by atoms with Crippen LogP contribution in [0, 0.1) is 0 Å². The zero-order valence-electron chi connectivity index (χ0n) is 7.89. The van der Waals surface area contributed by atoms with Gasteiger partial charge in [-0.1, -0.05) is 6.92 Å². The Labute approximate surface area is 68.9 Å². The van der Waals surface area contributed by atoms with E-state index in [1.54, 1.807) is 0 Å². The van der Waals surface area contributed by atoms with Crippen LogP contribution in [0.3, 0.4) is 0 Å². The van der Waals surface area contributed by atoms with Crippen molar-refractivity contribution in [2.45, 2.75) is 58.5 Å². The maximum Gasteiger partial charge on any atom is 0.158 e. The Bertz CT molecular complexity index is 132. The molecule has 1 fully saturated rings. The van der Waals surface area contributed by atoms with E-state index < -0.39 is 0 Å². The molecule has 0 radical (unpaired) electrons. The Morgan fingerprint density at radius 1 is 1.45 bits per heavy atom. The summed E-state index contributed by atoms with van der Waals surface area (Å²) in [6.07, 6.45) is 2.27. The summed E-state index contributed by atoms with van der Waals surface area (Å²) in [5, 5.41) is 0. The molecule has 66 valence electrons. The summed E-state index contributed by atoms with van der Waals surface area (Å²) in [6.45, 7) is 8.43. The van der Waals surface area contributed by atoms with Crippen molar-refractivity contribution in [2.75, 3.05) is 0 Å². The molecule has 0 unspecified atom stereocenters. The van der Waals surface area contributed by atoms with Crippen LogP contribution in [0.15, 0.2) is 0 Å². The molecular formula is C9H18O2. The van der Waals surface area contributed by atoms with Gasteiger partial charge in [0.25, 0.3) is 0 Å². The van der Waals surface area contributed by atoms with Gasteiger partial charge < -0.3 is 9.47 Å². The second-order valence-electron chi connectivity index (χ2n) is 3.87. The van der Waals surface area contributed by atoms with E-state index in [0.717, 1.165) is 12.8 Å². The summed E-state index contributed by atoms with van der Waals surface area (Å²) in [7, 11) is 0. The molecule has 0 aromatic carbocycles. The molecule has 0 aromatic rings. The van der Waals surface area contributed by atoms with Gasteiger partial charge in [0, 0.05) is 6.42 Å². The van der Waals surface area contributed by atoms with Crippen molar-refractivity contribution in [1.29, 1.82) is 0 Å². The maximum absolute atomic E-state index is 5.67. The fourth-order valence-electron chi connectivity index (χ4n) is 1.61. The highest BCUT2D eigenvalue weighted by Gasteiger charge is 2.32. The minimum Gasteiger partial charge on any atom is -0.350 e. The first kappa shape index (κ1) is 9.01. The van der Waals surface area contributed by atoms with E-state index in [2.05, 4.69) is 27.7 Å². The van der Waals surface area contributed by atoms with Gasteiger partial charge in [-0.2, -0.15) is 0 Å². The Hall–Kier alpha value is -0.0800. The highest BCUT2D eigenvalue weighted by molar-refractivity contribution is 4.76. The summed E-state index contributed by atoms with van der Waals surface area (Å²) in [5.74, 6) is 0. The van der Waals surface area contributed by atoms with Gasteiger partial charge in [-0.05, 0) is 27.2 Å². The molecule has 0 N–H and O–H groups in total. The van der Waals surface area contributed by atoms with E-state index in [0.29, 0.717) is 6.10 Å². The smallest absolute Gasteiger partial charge is 0.158 e. The highest BCUT2D eigenvalue weighted by atomic mass is 16.7. The fourth-order valence-corrected chi connectivity index (χ4v) is 1.61. The monoisotopic (exact) mass is 158 g/mol. The average Bonchev–Trinajstić information content (AvgIpc) is 1.83. The number of ether oxygens (including phenoxy) is 2. The lowest BCUT2D eigenvalue weighted by atomic mass is 10.00. The predicted octanol–water partition coefficient (Wildman–Crippen LogP) is 2.33. The zero-order chi connectivity index (χ0) is 8.48. The van der Waals surface area contributed by atoms with Crippen LogP contribution in [0.1, 0.15) is 40.5 Å². The number of hydrogen-bond acceptors (Lipinski definition) is 2. The molecule has 11 heavy (non-hydrogen) atoms. The van der Waals surface area contributed by atoms with Crippen molar-refractivity contribution in [3.8, 4) is 0 Å². The fraction of sp³-hybridized carbons (Fsp3) is 1.00. The van der Waals surface area contributed by atoms with E-state index in [1.165, 1.54) is 0 Å². The lowest BCUT2D eigenvalue weighted by molar-refractivity contribution is -0.268. The summed E-state index contributed by atoms with van der Waals surface area (Å²) < 4.78 is 11.2. The lowest BCUT2D eigenvalue weighted by Crippen LogP contribution is -2.42. The third kappa shape index (κ3) is 2.46. The summed E-state index contributed by atoms with van der Waals surface area (Å²) in [4.78, 5) is 0. The van der Waals surface area contributed by atoms with Crippen LogP contribution in [-0.4, -0.2) is 18.0 Å². The Morgan fingerprint density at radius 2 is 2.09 bits per heavy atom. The van der Waals surface area contributed by atoms with Crippen molar-refractivity contribution in [2.24, 2.45) is 0 Å². The standard InChI is InChI=1S/C9H18O2/c1-5-8-10-7(2)6-9(3,4)11-8/h7-8H,5-6H2,1-4H3/t7-,8+/m1/s1. The van der Waals surface area contributed by atoms with E-state index in [9.17, 15) is 0 Å². The molecule has 2 nitrogen and oxygen atoms in total. The minimum atomic E-state index is -0.00164. The first-order valence-electron chi connectivity index (χ1n) is 4.37. The van der Waals surface area contributed by atoms with Crippen LogP contribution in [-0.2, 0) is 9.47 Å². The predicted molar refractivity (Wildman–Crippen MR) is 44.4 cm³/mol.